The Balaban J connectivity index is 0.00000156. The molecule has 0 radical (unpaired) electrons. The minimum Gasteiger partial charge on any atom is -0.497 e. The summed E-state index contributed by atoms with van der Waals surface area (Å²) in [7, 11) is 1.69. The Morgan fingerprint density at radius 1 is 1.16 bits per heavy atom. The van der Waals surface area contributed by atoms with Crippen LogP contribution in [0.1, 0.15) is 26.2 Å². The first-order valence-electron chi connectivity index (χ1n) is 8.56. The Bertz CT molecular complexity index is 557. The van der Waals surface area contributed by atoms with Crippen LogP contribution in [0.15, 0.2) is 24.3 Å². The second-order valence-electron chi connectivity index (χ2n) is 6.70. The topological polar surface area (TPSA) is 44.8 Å². The van der Waals surface area contributed by atoms with Gasteiger partial charge in [0, 0.05) is 37.9 Å². The first-order chi connectivity index (χ1) is 11.1. The third-order valence-corrected chi connectivity index (χ3v) is 5.08. The number of hydrogen-bond acceptors (Lipinski definition) is 4. The van der Waals surface area contributed by atoms with E-state index in [2.05, 4.69) is 29.3 Å². The molecule has 2 fully saturated rings. The first kappa shape index (κ1) is 21.9. The van der Waals surface area contributed by atoms with Crippen molar-refractivity contribution in [1.82, 2.24) is 10.2 Å². The van der Waals surface area contributed by atoms with Crippen LogP contribution in [0, 0.1) is 0 Å². The van der Waals surface area contributed by atoms with Crippen LogP contribution in [0.25, 0.3) is 0 Å². The molecule has 0 bridgehead atoms. The summed E-state index contributed by atoms with van der Waals surface area (Å²) in [6.07, 6.45) is 3.26. The van der Waals surface area contributed by atoms with Gasteiger partial charge in [-0.1, -0.05) is 6.07 Å². The van der Waals surface area contributed by atoms with Crippen LogP contribution in [0.4, 0.5) is 5.69 Å². The van der Waals surface area contributed by atoms with Gasteiger partial charge in [-0.05, 0) is 44.9 Å². The lowest BCUT2D eigenvalue weighted by molar-refractivity contribution is -0.139. The molecule has 2 aliphatic heterocycles. The standard InChI is InChI=1S/C18H27N3O2.2ClH/c1-18(8-3-4-9-19-18)17(22)21-12-10-20(11-13-21)15-6-5-7-16(14-15)23-2;;/h5-7,14,19H,3-4,8-13H2,1-2H3;2*1H. The molecule has 1 N–H and O–H groups in total. The molecule has 5 nitrogen and oxygen atoms in total. The second-order valence-corrected chi connectivity index (χ2v) is 6.70. The van der Waals surface area contributed by atoms with E-state index in [0.717, 1.165) is 51.3 Å². The second kappa shape index (κ2) is 9.51. The number of nitrogens with one attached hydrogen (secondary N) is 1. The van der Waals surface area contributed by atoms with Gasteiger partial charge < -0.3 is 19.9 Å². The van der Waals surface area contributed by atoms with Crippen molar-refractivity contribution in [3.05, 3.63) is 24.3 Å². The van der Waals surface area contributed by atoms with Crippen LogP contribution in [-0.4, -0.2) is 56.2 Å². The molecule has 2 saturated heterocycles. The molecule has 1 aromatic carbocycles. The smallest absolute Gasteiger partial charge is 0.242 e. The third kappa shape index (κ3) is 4.93. The van der Waals surface area contributed by atoms with Crippen molar-refractivity contribution in [2.75, 3.05) is 44.7 Å². The SMILES string of the molecule is COc1cccc(N2CCN(C(=O)C3(C)CCCCN3)CC2)c1.Cl.Cl. The van der Waals surface area contributed by atoms with Gasteiger partial charge in [0.25, 0.3) is 0 Å². The maximum atomic E-state index is 12.8. The van der Waals surface area contributed by atoms with Crippen molar-refractivity contribution in [3.8, 4) is 5.75 Å². The van der Waals surface area contributed by atoms with E-state index in [0.29, 0.717) is 0 Å². The highest BCUT2D eigenvalue weighted by Crippen LogP contribution is 2.25. The maximum absolute atomic E-state index is 12.8. The molecule has 2 aliphatic rings. The monoisotopic (exact) mass is 389 g/mol. The summed E-state index contributed by atoms with van der Waals surface area (Å²) >= 11 is 0. The molecule has 1 amide bonds. The summed E-state index contributed by atoms with van der Waals surface area (Å²) in [4.78, 5) is 17.2. The van der Waals surface area contributed by atoms with E-state index in [4.69, 9.17) is 4.74 Å². The summed E-state index contributed by atoms with van der Waals surface area (Å²) in [5.41, 5.74) is 0.801. The van der Waals surface area contributed by atoms with Crippen LogP contribution >= 0.6 is 24.8 Å². The summed E-state index contributed by atoms with van der Waals surface area (Å²) in [6, 6.07) is 8.13. The summed E-state index contributed by atoms with van der Waals surface area (Å²) in [5.74, 6) is 1.14. The number of halogens is 2. The van der Waals surface area contributed by atoms with Gasteiger partial charge in [-0.15, -0.1) is 24.8 Å². The van der Waals surface area contributed by atoms with E-state index >= 15 is 0 Å². The minimum absolute atomic E-state index is 0. The first-order valence-corrected chi connectivity index (χ1v) is 8.56. The number of hydrogen-bond donors (Lipinski definition) is 1. The van der Waals surface area contributed by atoms with Gasteiger partial charge in [0.2, 0.25) is 5.91 Å². The van der Waals surface area contributed by atoms with Crippen LogP contribution in [0.2, 0.25) is 0 Å². The Labute approximate surface area is 162 Å². The van der Waals surface area contributed by atoms with E-state index in [1.54, 1.807) is 7.11 Å². The number of benzene rings is 1. The van der Waals surface area contributed by atoms with Crippen LogP contribution in [-0.2, 0) is 4.79 Å². The molecule has 0 aliphatic carbocycles. The number of nitrogens with zero attached hydrogens (tertiary/aromatic N) is 2. The van der Waals surface area contributed by atoms with E-state index in [1.807, 2.05) is 17.0 Å². The average molecular weight is 390 g/mol. The zero-order valence-corrected chi connectivity index (χ0v) is 16.6. The molecule has 1 unspecified atom stereocenters. The van der Waals surface area contributed by atoms with Crippen molar-refractivity contribution in [3.63, 3.8) is 0 Å². The number of carbonyl (C=O) groups excluding carboxylic acids is 1. The minimum atomic E-state index is -0.365. The summed E-state index contributed by atoms with van der Waals surface area (Å²) in [5, 5.41) is 3.43. The van der Waals surface area contributed by atoms with E-state index in [-0.39, 0.29) is 36.3 Å². The average Bonchev–Trinajstić information content (AvgIpc) is 2.62. The van der Waals surface area contributed by atoms with E-state index < -0.39 is 0 Å². The lowest BCUT2D eigenvalue weighted by Crippen LogP contribution is -2.61. The van der Waals surface area contributed by atoms with Crippen LogP contribution in [0.3, 0.4) is 0 Å². The molecular weight excluding hydrogens is 361 g/mol. The fraction of sp³-hybridized carbons (Fsp3) is 0.611. The van der Waals surface area contributed by atoms with Crippen molar-refractivity contribution in [2.45, 2.75) is 31.7 Å². The van der Waals surface area contributed by atoms with Gasteiger partial charge >= 0.3 is 0 Å². The normalized spacial score (nSPS) is 23.3. The third-order valence-electron chi connectivity index (χ3n) is 5.08. The number of piperazine rings is 1. The summed E-state index contributed by atoms with van der Waals surface area (Å²) < 4.78 is 5.30. The number of methoxy groups -OCH3 is 1. The Kier molecular flexibility index (Phi) is 8.32. The maximum Gasteiger partial charge on any atom is 0.242 e. The molecule has 0 saturated carbocycles. The van der Waals surface area contributed by atoms with Gasteiger partial charge in [-0.25, -0.2) is 0 Å². The number of anilines is 1. The number of ether oxygens (including phenoxy) is 1. The molecule has 0 spiro atoms. The molecule has 25 heavy (non-hydrogen) atoms. The van der Waals surface area contributed by atoms with E-state index in [9.17, 15) is 4.79 Å². The Morgan fingerprint density at radius 3 is 2.48 bits per heavy atom. The largest absolute Gasteiger partial charge is 0.497 e. The molecule has 0 aromatic heterocycles. The molecule has 2 heterocycles. The van der Waals surface area contributed by atoms with Crippen molar-refractivity contribution < 1.29 is 9.53 Å². The molecular formula is C18H29Cl2N3O2. The van der Waals surface area contributed by atoms with Gasteiger partial charge in [-0.3, -0.25) is 4.79 Å². The lowest BCUT2D eigenvalue weighted by Gasteiger charge is -2.42. The Hall–Kier alpha value is -1.17. The molecule has 1 atom stereocenters. The predicted octanol–water partition coefficient (Wildman–Crippen LogP) is 2.72. The van der Waals surface area contributed by atoms with Crippen LogP contribution < -0.4 is 15.0 Å². The molecule has 7 heteroatoms. The van der Waals surface area contributed by atoms with Crippen molar-refractivity contribution in [1.29, 1.82) is 0 Å². The number of rotatable bonds is 3. The zero-order chi connectivity index (χ0) is 16.3. The summed E-state index contributed by atoms with van der Waals surface area (Å²) in [6.45, 7) is 6.32. The number of carbonyl (C=O) groups is 1. The number of piperidine rings is 1. The number of amides is 1. The van der Waals surface area contributed by atoms with Gasteiger partial charge in [0.1, 0.15) is 5.75 Å². The van der Waals surface area contributed by atoms with Crippen molar-refractivity contribution >= 4 is 36.4 Å². The lowest BCUT2D eigenvalue weighted by atomic mass is 9.89. The highest BCUT2D eigenvalue weighted by molar-refractivity contribution is 5.86. The fourth-order valence-electron chi connectivity index (χ4n) is 3.56. The molecule has 1 aromatic rings. The molecule has 142 valence electrons. The predicted molar refractivity (Wildman–Crippen MR) is 107 cm³/mol. The highest BCUT2D eigenvalue weighted by atomic mass is 35.5. The van der Waals surface area contributed by atoms with Crippen molar-refractivity contribution in [2.24, 2.45) is 0 Å². The highest BCUT2D eigenvalue weighted by Gasteiger charge is 2.38. The van der Waals surface area contributed by atoms with Gasteiger partial charge in [-0.2, -0.15) is 0 Å². The molecule has 3 rings (SSSR count). The van der Waals surface area contributed by atoms with Crippen LogP contribution in [0.5, 0.6) is 5.75 Å². The fourth-order valence-corrected chi connectivity index (χ4v) is 3.56. The van der Waals surface area contributed by atoms with E-state index in [1.165, 1.54) is 12.1 Å². The quantitative estimate of drug-likeness (QED) is 0.862. The Morgan fingerprint density at radius 2 is 1.88 bits per heavy atom. The van der Waals surface area contributed by atoms with Gasteiger partial charge in [0.15, 0.2) is 0 Å². The van der Waals surface area contributed by atoms with Gasteiger partial charge in [0.05, 0.1) is 12.6 Å². The zero-order valence-electron chi connectivity index (χ0n) is 15.0.